The molecule has 0 spiro atoms. The summed E-state index contributed by atoms with van der Waals surface area (Å²) in [6, 6.07) is 6.84. The predicted octanol–water partition coefficient (Wildman–Crippen LogP) is 3.78. The van der Waals surface area contributed by atoms with Gasteiger partial charge in [0, 0.05) is 6.54 Å². The Labute approximate surface area is 116 Å². The molecule has 0 saturated carbocycles. The maximum Gasteiger partial charge on any atom is 0.122 e. The molecule has 1 aromatic carbocycles. The zero-order chi connectivity index (χ0) is 12.9. The Bertz CT molecular complexity index is 408. The van der Waals surface area contributed by atoms with Gasteiger partial charge in [0.1, 0.15) is 5.75 Å². The lowest BCUT2D eigenvalue weighted by Crippen LogP contribution is -2.27. The molecule has 0 aromatic heterocycles. The second-order valence-electron chi connectivity index (χ2n) is 5.94. The Kier molecular flexibility index (Phi) is 4.39. The van der Waals surface area contributed by atoms with Gasteiger partial charge in [-0.2, -0.15) is 0 Å². The highest BCUT2D eigenvalue weighted by atomic mass is 16.5. The number of fused-ring (bicyclic) bond motifs is 1. The highest BCUT2D eigenvalue weighted by Gasteiger charge is 2.13. The molecule has 0 bridgehead atoms. The van der Waals surface area contributed by atoms with Gasteiger partial charge in [-0.25, -0.2) is 0 Å². The largest absolute Gasteiger partial charge is 0.493 e. The molecule has 1 aromatic rings. The number of hydrogen-bond donors (Lipinski definition) is 0. The molecule has 0 aliphatic carbocycles. The number of hydrogen-bond acceptors (Lipinski definition) is 2. The standard InChI is InChI=1S/C17H25NO/c1-2-4-10-18(11-5-3-1)14-15-8-9-16-7-6-12-19-17(16)13-15/h8-9,13H,1-7,10-12,14H2. The fourth-order valence-electron chi connectivity index (χ4n) is 3.21. The van der Waals surface area contributed by atoms with Crippen LogP contribution in [0.5, 0.6) is 5.75 Å². The van der Waals surface area contributed by atoms with Crippen LogP contribution in [0.25, 0.3) is 0 Å². The van der Waals surface area contributed by atoms with Gasteiger partial charge in [-0.05, 0) is 56.0 Å². The van der Waals surface area contributed by atoms with E-state index in [0.717, 1.165) is 18.9 Å². The van der Waals surface area contributed by atoms with Gasteiger partial charge >= 0.3 is 0 Å². The minimum Gasteiger partial charge on any atom is -0.493 e. The van der Waals surface area contributed by atoms with Gasteiger partial charge in [0.15, 0.2) is 0 Å². The normalized spacial score (nSPS) is 21.1. The highest BCUT2D eigenvalue weighted by Crippen LogP contribution is 2.26. The Balaban J connectivity index is 1.64. The van der Waals surface area contributed by atoms with Gasteiger partial charge in [-0.1, -0.05) is 31.4 Å². The van der Waals surface area contributed by atoms with Gasteiger partial charge in [0.25, 0.3) is 0 Å². The molecule has 1 saturated heterocycles. The summed E-state index contributed by atoms with van der Waals surface area (Å²) in [5.74, 6) is 1.13. The molecule has 3 rings (SSSR count). The second-order valence-corrected chi connectivity index (χ2v) is 5.94. The molecule has 0 radical (unpaired) electrons. The summed E-state index contributed by atoms with van der Waals surface area (Å²) in [5, 5.41) is 0. The molecular formula is C17H25NO. The van der Waals surface area contributed by atoms with Crippen molar-refractivity contribution < 1.29 is 4.74 Å². The number of likely N-dealkylation sites (tertiary alicyclic amines) is 1. The van der Waals surface area contributed by atoms with Crippen molar-refractivity contribution in [1.29, 1.82) is 0 Å². The van der Waals surface area contributed by atoms with Crippen molar-refractivity contribution in [2.75, 3.05) is 19.7 Å². The van der Waals surface area contributed by atoms with Crippen molar-refractivity contribution >= 4 is 0 Å². The number of benzene rings is 1. The van der Waals surface area contributed by atoms with Gasteiger partial charge in [0.2, 0.25) is 0 Å². The minimum atomic E-state index is 0.889. The van der Waals surface area contributed by atoms with E-state index in [-0.39, 0.29) is 0 Å². The molecule has 0 atom stereocenters. The summed E-state index contributed by atoms with van der Waals surface area (Å²) in [6.07, 6.45) is 9.31. The Hall–Kier alpha value is -1.02. The first-order chi connectivity index (χ1) is 9.42. The Morgan fingerprint density at radius 1 is 0.947 bits per heavy atom. The summed E-state index contributed by atoms with van der Waals surface area (Å²) in [4.78, 5) is 2.61. The molecule has 2 aliphatic rings. The van der Waals surface area contributed by atoms with E-state index in [2.05, 4.69) is 23.1 Å². The maximum atomic E-state index is 5.78. The van der Waals surface area contributed by atoms with Crippen molar-refractivity contribution in [3.05, 3.63) is 29.3 Å². The van der Waals surface area contributed by atoms with E-state index in [9.17, 15) is 0 Å². The van der Waals surface area contributed by atoms with Crippen LogP contribution in [-0.4, -0.2) is 24.6 Å². The molecule has 1 fully saturated rings. The van der Waals surface area contributed by atoms with Gasteiger partial charge in [0.05, 0.1) is 6.61 Å². The predicted molar refractivity (Wildman–Crippen MR) is 78.6 cm³/mol. The van der Waals surface area contributed by atoms with Crippen LogP contribution in [0.3, 0.4) is 0 Å². The highest BCUT2D eigenvalue weighted by molar-refractivity contribution is 5.38. The number of ether oxygens (including phenoxy) is 1. The summed E-state index contributed by atoms with van der Waals surface area (Å²) in [5.41, 5.74) is 2.81. The minimum absolute atomic E-state index is 0.889. The average Bonchev–Trinajstić information content (AvgIpc) is 2.41. The van der Waals surface area contributed by atoms with Crippen LogP contribution in [0.4, 0.5) is 0 Å². The number of rotatable bonds is 2. The fourth-order valence-corrected chi connectivity index (χ4v) is 3.21. The maximum absolute atomic E-state index is 5.78. The van der Waals surface area contributed by atoms with Crippen molar-refractivity contribution in [3.8, 4) is 5.75 Å². The fraction of sp³-hybridized carbons (Fsp3) is 0.647. The van der Waals surface area contributed by atoms with Crippen molar-refractivity contribution in [3.63, 3.8) is 0 Å². The van der Waals surface area contributed by atoms with Crippen molar-refractivity contribution in [2.24, 2.45) is 0 Å². The third kappa shape index (κ3) is 3.50. The molecule has 2 nitrogen and oxygen atoms in total. The first-order valence-corrected chi connectivity index (χ1v) is 7.89. The summed E-state index contributed by atoms with van der Waals surface area (Å²) >= 11 is 0. The van der Waals surface area contributed by atoms with E-state index >= 15 is 0 Å². The Morgan fingerprint density at radius 3 is 2.58 bits per heavy atom. The molecule has 0 N–H and O–H groups in total. The summed E-state index contributed by atoms with van der Waals surface area (Å²) in [7, 11) is 0. The van der Waals surface area contributed by atoms with Crippen LogP contribution < -0.4 is 4.74 Å². The average molecular weight is 259 g/mol. The molecule has 2 heteroatoms. The third-order valence-corrected chi connectivity index (χ3v) is 4.33. The molecule has 0 amide bonds. The number of aryl methyl sites for hydroxylation is 1. The first-order valence-electron chi connectivity index (χ1n) is 7.89. The zero-order valence-electron chi connectivity index (χ0n) is 11.9. The van der Waals surface area contributed by atoms with Crippen LogP contribution >= 0.6 is 0 Å². The van der Waals surface area contributed by atoms with Crippen LogP contribution in [0.15, 0.2) is 18.2 Å². The lowest BCUT2D eigenvalue weighted by atomic mass is 10.0. The van der Waals surface area contributed by atoms with E-state index in [1.807, 2.05) is 0 Å². The molecule has 2 heterocycles. The van der Waals surface area contributed by atoms with E-state index in [4.69, 9.17) is 4.74 Å². The van der Waals surface area contributed by atoms with Crippen LogP contribution in [0, 0.1) is 0 Å². The smallest absolute Gasteiger partial charge is 0.122 e. The van der Waals surface area contributed by atoms with Gasteiger partial charge in [-0.3, -0.25) is 4.90 Å². The molecule has 104 valence electrons. The van der Waals surface area contributed by atoms with E-state index in [1.54, 1.807) is 0 Å². The SMILES string of the molecule is c1cc2c(cc1CN1CCCCCCC1)OCCC2. The molecule has 19 heavy (non-hydrogen) atoms. The Morgan fingerprint density at radius 2 is 1.74 bits per heavy atom. The number of nitrogens with zero attached hydrogens (tertiary/aromatic N) is 1. The zero-order valence-corrected chi connectivity index (χ0v) is 11.9. The lowest BCUT2D eigenvalue weighted by Gasteiger charge is -2.25. The third-order valence-electron chi connectivity index (χ3n) is 4.33. The van der Waals surface area contributed by atoms with E-state index in [0.29, 0.717) is 0 Å². The van der Waals surface area contributed by atoms with Gasteiger partial charge < -0.3 is 4.74 Å². The topological polar surface area (TPSA) is 12.5 Å². The van der Waals surface area contributed by atoms with Crippen molar-refractivity contribution in [1.82, 2.24) is 4.90 Å². The summed E-state index contributed by atoms with van der Waals surface area (Å²) < 4.78 is 5.78. The molecule has 0 unspecified atom stereocenters. The van der Waals surface area contributed by atoms with Gasteiger partial charge in [-0.15, -0.1) is 0 Å². The van der Waals surface area contributed by atoms with Crippen LogP contribution in [-0.2, 0) is 13.0 Å². The van der Waals surface area contributed by atoms with E-state index in [1.165, 1.54) is 69.2 Å². The first kappa shape index (κ1) is 13.0. The quantitative estimate of drug-likeness (QED) is 0.801. The second kappa shape index (κ2) is 6.42. The van der Waals surface area contributed by atoms with E-state index < -0.39 is 0 Å². The summed E-state index contributed by atoms with van der Waals surface area (Å²) in [6.45, 7) is 4.51. The monoisotopic (exact) mass is 259 g/mol. The molecular weight excluding hydrogens is 234 g/mol. The van der Waals surface area contributed by atoms with Crippen molar-refractivity contribution in [2.45, 2.75) is 51.5 Å². The van der Waals surface area contributed by atoms with Crippen LogP contribution in [0.2, 0.25) is 0 Å². The molecule has 2 aliphatic heterocycles. The van der Waals surface area contributed by atoms with Crippen LogP contribution in [0.1, 0.15) is 49.7 Å². The lowest BCUT2D eigenvalue weighted by molar-refractivity contribution is 0.238.